The first-order valence-electron chi connectivity index (χ1n) is 5.76. The summed E-state index contributed by atoms with van der Waals surface area (Å²) in [5.74, 6) is 0.123. The zero-order valence-electron chi connectivity index (χ0n) is 10.4. The van der Waals surface area contributed by atoms with Crippen molar-refractivity contribution in [2.75, 3.05) is 0 Å². The van der Waals surface area contributed by atoms with E-state index < -0.39 is 0 Å². The SMILES string of the molecule is Cc1ccc(C(=O)Cc2cncc(Br)c2)cc1C. The van der Waals surface area contributed by atoms with Gasteiger partial charge in [0.25, 0.3) is 0 Å². The summed E-state index contributed by atoms with van der Waals surface area (Å²) in [4.78, 5) is 16.2. The van der Waals surface area contributed by atoms with Gasteiger partial charge >= 0.3 is 0 Å². The second-order valence-corrected chi connectivity index (χ2v) is 5.33. The summed E-state index contributed by atoms with van der Waals surface area (Å²) in [5, 5.41) is 0. The minimum Gasteiger partial charge on any atom is -0.294 e. The van der Waals surface area contributed by atoms with E-state index in [4.69, 9.17) is 0 Å². The smallest absolute Gasteiger partial charge is 0.167 e. The third kappa shape index (κ3) is 3.05. The second-order valence-electron chi connectivity index (χ2n) is 4.41. The number of rotatable bonds is 3. The Balaban J connectivity index is 2.19. The van der Waals surface area contributed by atoms with Gasteiger partial charge in [-0.1, -0.05) is 12.1 Å². The molecule has 0 N–H and O–H groups in total. The minimum atomic E-state index is 0.123. The van der Waals surface area contributed by atoms with Crippen LogP contribution in [0.25, 0.3) is 0 Å². The highest BCUT2D eigenvalue weighted by Gasteiger charge is 2.08. The van der Waals surface area contributed by atoms with Crippen molar-refractivity contribution in [1.82, 2.24) is 4.98 Å². The average molecular weight is 304 g/mol. The summed E-state index contributed by atoms with van der Waals surface area (Å²) in [7, 11) is 0. The number of benzene rings is 1. The van der Waals surface area contributed by atoms with Gasteiger partial charge in [0.2, 0.25) is 0 Å². The van der Waals surface area contributed by atoms with Crippen LogP contribution in [0.3, 0.4) is 0 Å². The normalized spacial score (nSPS) is 10.4. The van der Waals surface area contributed by atoms with E-state index >= 15 is 0 Å². The molecule has 18 heavy (non-hydrogen) atoms. The van der Waals surface area contributed by atoms with Gasteiger partial charge in [-0.3, -0.25) is 9.78 Å². The molecule has 2 aromatic rings. The lowest BCUT2D eigenvalue weighted by molar-refractivity contribution is 0.0993. The molecule has 1 heterocycles. The lowest BCUT2D eigenvalue weighted by atomic mass is 10.00. The van der Waals surface area contributed by atoms with Gasteiger partial charge in [-0.25, -0.2) is 0 Å². The summed E-state index contributed by atoms with van der Waals surface area (Å²) in [6.45, 7) is 4.06. The molecule has 0 atom stereocenters. The molecular weight excluding hydrogens is 290 g/mol. The molecular formula is C15H14BrNO. The van der Waals surface area contributed by atoms with Crippen LogP contribution in [0.5, 0.6) is 0 Å². The molecule has 1 aromatic carbocycles. The number of halogens is 1. The van der Waals surface area contributed by atoms with Crippen LogP contribution in [0.15, 0.2) is 41.1 Å². The Morgan fingerprint density at radius 1 is 1.17 bits per heavy atom. The number of aryl methyl sites for hydroxylation is 2. The van der Waals surface area contributed by atoms with Crippen molar-refractivity contribution in [2.24, 2.45) is 0 Å². The van der Waals surface area contributed by atoms with Crippen molar-refractivity contribution in [3.63, 3.8) is 0 Å². The molecule has 0 aliphatic carbocycles. The van der Waals surface area contributed by atoms with Crippen LogP contribution >= 0.6 is 15.9 Å². The van der Waals surface area contributed by atoms with Crippen LogP contribution in [0.4, 0.5) is 0 Å². The maximum Gasteiger partial charge on any atom is 0.167 e. The summed E-state index contributed by atoms with van der Waals surface area (Å²) >= 11 is 3.36. The first kappa shape index (κ1) is 13.0. The maximum atomic E-state index is 12.1. The molecule has 0 saturated heterocycles. The van der Waals surface area contributed by atoms with Gasteiger partial charge < -0.3 is 0 Å². The molecule has 0 fully saturated rings. The molecule has 0 aliphatic heterocycles. The van der Waals surface area contributed by atoms with Crippen molar-refractivity contribution in [2.45, 2.75) is 20.3 Å². The number of nitrogens with zero attached hydrogens (tertiary/aromatic N) is 1. The largest absolute Gasteiger partial charge is 0.294 e. The summed E-state index contributed by atoms with van der Waals surface area (Å²) in [6, 6.07) is 7.74. The number of ketones is 1. The fraction of sp³-hybridized carbons (Fsp3) is 0.200. The van der Waals surface area contributed by atoms with Gasteiger partial charge in [-0.05, 0) is 58.6 Å². The van der Waals surface area contributed by atoms with Gasteiger partial charge in [0, 0.05) is 28.9 Å². The van der Waals surface area contributed by atoms with Crippen LogP contribution in [-0.2, 0) is 6.42 Å². The molecule has 0 unspecified atom stereocenters. The molecule has 0 amide bonds. The van der Waals surface area contributed by atoms with Gasteiger partial charge in [-0.2, -0.15) is 0 Å². The van der Waals surface area contributed by atoms with Crippen molar-refractivity contribution < 1.29 is 4.79 Å². The van der Waals surface area contributed by atoms with E-state index in [1.165, 1.54) is 5.56 Å². The number of Topliss-reactive ketones (excluding diaryl/α,β-unsaturated/α-hetero) is 1. The summed E-state index contributed by atoms with van der Waals surface area (Å²) < 4.78 is 0.896. The molecule has 2 rings (SSSR count). The van der Waals surface area contributed by atoms with Crippen LogP contribution < -0.4 is 0 Å². The quantitative estimate of drug-likeness (QED) is 0.805. The zero-order valence-corrected chi connectivity index (χ0v) is 12.0. The van der Waals surface area contributed by atoms with E-state index in [0.29, 0.717) is 6.42 Å². The standard InChI is InChI=1S/C15H14BrNO/c1-10-3-4-13(5-11(10)2)15(18)7-12-6-14(16)9-17-8-12/h3-6,8-9H,7H2,1-2H3. The number of aromatic nitrogens is 1. The molecule has 2 nitrogen and oxygen atoms in total. The lowest BCUT2D eigenvalue weighted by Crippen LogP contribution is -2.04. The molecule has 0 aliphatic rings. The Kier molecular flexibility index (Phi) is 3.92. The fourth-order valence-corrected chi connectivity index (χ4v) is 2.17. The molecule has 0 radical (unpaired) electrons. The van der Waals surface area contributed by atoms with E-state index in [1.54, 1.807) is 12.4 Å². The summed E-state index contributed by atoms with van der Waals surface area (Å²) in [5.41, 5.74) is 4.04. The van der Waals surface area contributed by atoms with Gasteiger partial charge in [0.05, 0.1) is 0 Å². The fourth-order valence-electron chi connectivity index (χ4n) is 1.75. The molecule has 3 heteroatoms. The molecule has 0 saturated carbocycles. The Bertz CT molecular complexity index is 593. The Labute approximate surface area is 115 Å². The third-order valence-electron chi connectivity index (χ3n) is 2.96. The van der Waals surface area contributed by atoms with E-state index in [-0.39, 0.29) is 5.78 Å². The third-order valence-corrected chi connectivity index (χ3v) is 3.39. The topological polar surface area (TPSA) is 30.0 Å². The van der Waals surface area contributed by atoms with Gasteiger partial charge in [0.15, 0.2) is 5.78 Å². The van der Waals surface area contributed by atoms with Gasteiger partial charge in [0.1, 0.15) is 0 Å². The highest BCUT2D eigenvalue weighted by atomic mass is 79.9. The first-order valence-corrected chi connectivity index (χ1v) is 6.55. The molecule has 0 spiro atoms. The Morgan fingerprint density at radius 2 is 1.94 bits per heavy atom. The molecule has 1 aromatic heterocycles. The van der Waals surface area contributed by atoms with Crippen LogP contribution in [0.2, 0.25) is 0 Å². The summed E-state index contributed by atoms with van der Waals surface area (Å²) in [6.07, 6.45) is 3.82. The zero-order chi connectivity index (χ0) is 13.1. The molecule has 0 bridgehead atoms. The number of pyridine rings is 1. The lowest BCUT2D eigenvalue weighted by Gasteiger charge is -2.05. The first-order chi connectivity index (χ1) is 8.56. The van der Waals surface area contributed by atoms with Crippen LogP contribution in [0, 0.1) is 13.8 Å². The van der Waals surface area contributed by atoms with Crippen LogP contribution in [-0.4, -0.2) is 10.8 Å². The Morgan fingerprint density at radius 3 is 2.61 bits per heavy atom. The van der Waals surface area contributed by atoms with Crippen molar-refractivity contribution in [1.29, 1.82) is 0 Å². The predicted octanol–water partition coefficient (Wildman–Crippen LogP) is 3.89. The van der Waals surface area contributed by atoms with Crippen molar-refractivity contribution in [3.8, 4) is 0 Å². The van der Waals surface area contributed by atoms with E-state index in [0.717, 1.165) is 21.2 Å². The van der Waals surface area contributed by atoms with E-state index in [9.17, 15) is 4.79 Å². The maximum absolute atomic E-state index is 12.1. The van der Waals surface area contributed by atoms with E-state index in [1.807, 2.05) is 38.1 Å². The van der Waals surface area contributed by atoms with E-state index in [2.05, 4.69) is 20.9 Å². The molecule has 92 valence electrons. The highest BCUT2D eigenvalue weighted by molar-refractivity contribution is 9.10. The van der Waals surface area contributed by atoms with Gasteiger partial charge in [-0.15, -0.1) is 0 Å². The number of carbonyl (C=O) groups is 1. The average Bonchev–Trinajstić information content (AvgIpc) is 2.32. The van der Waals surface area contributed by atoms with Crippen molar-refractivity contribution >= 4 is 21.7 Å². The minimum absolute atomic E-state index is 0.123. The monoisotopic (exact) mass is 303 g/mol. The second kappa shape index (κ2) is 5.44. The predicted molar refractivity (Wildman–Crippen MR) is 75.9 cm³/mol. The number of hydrogen-bond donors (Lipinski definition) is 0. The number of carbonyl (C=O) groups excluding carboxylic acids is 1. The van der Waals surface area contributed by atoms with Crippen molar-refractivity contribution in [3.05, 3.63) is 63.4 Å². The highest BCUT2D eigenvalue weighted by Crippen LogP contribution is 2.14. The Hall–Kier alpha value is -1.48. The van der Waals surface area contributed by atoms with Crippen LogP contribution in [0.1, 0.15) is 27.0 Å². The number of hydrogen-bond acceptors (Lipinski definition) is 2.